The van der Waals surface area contributed by atoms with Crippen LogP contribution in [0.1, 0.15) is 52.4 Å². The third-order valence-electron chi connectivity index (χ3n) is 5.15. The van der Waals surface area contributed by atoms with Gasteiger partial charge in [-0.15, -0.1) is 0 Å². The summed E-state index contributed by atoms with van der Waals surface area (Å²) in [6.07, 6.45) is 4.36. The van der Waals surface area contributed by atoms with E-state index in [1.807, 2.05) is 6.92 Å². The maximum Gasteiger partial charge on any atom is 0.329 e. The van der Waals surface area contributed by atoms with Gasteiger partial charge in [0.25, 0.3) is 0 Å². The lowest BCUT2D eigenvalue weighted by molar-refractivity contribution is -0.152. The van der Waals surface area contributed by atoms with E-state index in [0.717, 1.165) is 38.8 Å². The third kappa shape index (κ3) is 2.97. The molecular formula is C15H26N2O3. The summed E-state index contributed by atoms with van der Waals surface area (Å²) in [4.78, 5) is 24.3. The second-order valence-corrected chi connectivity index (χ2v) is 6.83. The lowest BCUT2D eigenvalue weighted by Crippen LogP contribution is -2.60. The van der Waals surface area contributed by atoms with Gasteiger partial charge in [0, 0.05) is 5.41 Å². The van der Waals surface area contributed by atoms with Crippen LogP contribution in [-0.2, 0) is 9.59 Å². The second-order valence-electron chi connectivity index (χ2n) is 6.83. The Morgan fingerprint density at radius 3 is 2.20 bits per heavy atom. The number of rotatable bonds is 3. The fourth-order valence-corrected chi connectivity index (χ4v) is 3.22. The zero-order valence-corrected chi connectivity index (χ0v) is 12.5. The van der Waals surface area contributed by atoms with Crippen LogP contribution < -0.4 is 10.6 Å². The molecule has 0 atom stereocenters. The van der Waals surface area contributed by atoms with Crippen molar-refractivity contribution in [2.24, 2.45) is 11.3 Å². The van der Waals surface area contributed by atoms with Crippen molar-refractivity contribution < 1.29 is 14.7 Å². The highest BCUT2D eigenvalue weighted by Gasteiger charge is 2.46. The van der Waals surface area contributed by atoms with Crippen molar-refractivity contribution in [3.8, 4) is 0 Å². The van der Waals surface area contributed by atoms with E-state index >= 15 is 0 Å². The van der Waals surface area contributed by atoms with Gasteiger partial charge in [0.1, 0.15) is 5.54 Å². The summed E-state index contributed by atoms with van der Waals surface area (Å²) >= 11 is 0. The Balaban J connectivity index is 2.08. The highest BCUT2D eigenvalue weighted by molar-refractivity contribution is 5.90. The Labute approximate surface area is 120 Å². The maximum atomic E-state index is 12.6. The normalized spacial score (nSPS) is 33.4. The van der Waals surface area contributed by atoms with Crippen molar-refractivity contribution in [2.75, 3.05) is 13.1 Å². The molecule has 1 aliphatic heterocycles. The molecule has 5 nitrogen and oxygen atoms in total. The van der Waals surface area contributed by atoms with Gasteiger partial charge < -0.3 is 15.7 Å². The summed E-state index contributed by atoms with van der Waals surface area (Å²) in [6.45, 7) is 5.73. The molecule has 0 aromatic heterocycles. The smallest absolute Gasteiger partial charge is 0.329 e. The maximum absolute atomic E-state index is 12.6. The largest absolute Gasteiger partial charge is 0.480 e. The van der Waals surface area contributed by atoms with Gasteiger partial charge in [-0.1, -0.05) is 13.8 Å². The molecule has 1 saturated carbocycles. The van der Waals surface area contributed by atoms with Crippen LogP contribution in [0.15, 0.2) is 0 Å². The number of hydrogen-bond donors (Lipinski definition) is 3. The van der Waals surface area contributed by atoms with Crippen LogP contribution in [0.4, 0.5) is 0 Å². The van der Waals surface area contributed by atoms with Crippen LogP contribution in [0.5, 0.6) is 0 Å². The fourth-order valence-electron chi connectivity index (χ4n) is 3.22. The predicted molar refractivity (Wildman–Crippen MR) is 76.4 cm³/mol. The van der Waals surface area contributed by atoms with Crippen LogP contribution in [-0.4, -0.2) is 35.6 Å². The highest BCUT2D eigenvalue weighted by atomic mass is 16.4. The Morgan fingerprint density at radius 1 is 1.15 bits per heavy atom. The molecule has 20 heavy (non-hydrogen) atoms. The van der Waals surface area contributed by atoms with Crippen molar-refractivity contribution in [3.63, 3.8) is 0 Å². The van der Waals surface area contributed by atoms with Crippen LogP contribution >= 0.6 is 0 Å². The van der Waals surface area contributed by atoms with Gasteiger partial charge in [0.15, 0.2) is 0 Å². The SMILES string of the molecule is CC1CCC(NC(=O)C2(C)CCNCC2)(C(=O)O)CC1. The zero-order chi connectivity index (χ0) is 14.8. The van der Waals surface area contributed by atoms with E-state index in [-0.39, 0.29) is 5.91 Å². The van der Waals surface area contributed by atoms with Crippen LogP contribution in [0.3, 0.4) is 0 Å². The Kier molecular flexibility index (Phi) is 4.37. The van der Waals surface area contributed by atoms with Gasteiger partial charge in [0.2, 0.25) is 5.91 Å². The van der Waals surface area contributed by atoms with Gasteiger partial charge in [0.05, 0.1) is 0 Å². The first-order chi connectivity index (χ1) is 9.38. The van der Waals surface area contributed by atoms with Gasteiger partial charge in [-0.3, -0.25) is 4.79 Å². The molecule has 0 bridgehead atoms. The molecule has 2 rings (SSSR count). The summed E-state index contributed by atoms with van der Waals surface area (Å²) in [6, 6.07) is 0. The van der Waals surface area contributed by atoms with Crippen molar-refractivity contribution in [1.29, 1.82) is 0 Å². The van der Waals surface area contributed by atoms with Crippen LogP contribution in [0.25, 0.3) is 0 Å². The lowest BCUT2D eigenvalue weighted by atomic mass is 9.74. The number of carboxylic acids is 1. The molecule has 0 aromatic rings. The standard InChI is InChI=1S/C15H26N2O3/c1-11-3-5-15(6-4-11,13(19)20)17-12(18)14(2)7-9-16-10-8-14/h11,16H,3-10H2,1-2H3,(H,17,18)(H,19,20). The lowest BCUT2D eigenvalue weighted by Gasteiger charge is -2.40. The van der Waals surface area contributed by atoms with Gasteiger partial charge in [-0.05, 0) is 57.5 Å². The summed E-state index contributed by atoms with van der Waals surface area (Å²) in [5.41, 5.74) is -1.48. The van der Waals surface area contributed by atoms with Gasteiger partial charge in [-0.2, -0.15) is 0 Å². The van der Waals surface area contributed by atoms with Gasteiger partial charge in [-0.25, -0.2) is 4.79 Å². The molecular weight excluding hydrogens is 256 g/mol. The number of piperidine rings is 1. The molecule has 5 heteroatoms. The molecule has 0 aromatic carbocycles. The number of amides is 1. The number of carboxylic acid groups (broad SMARTS) is 1. The Bertz CT molecular complexity index is 381. The molecule has 0 spiro atoms. The average molecular weight is 282 g/mol. The van der Waals surface area contributed by atoms with Crippen molar-refractivity contribution in [3.05, 3.63) is 0 Å². The second kappa shape index (κ2) is 5.72. The van der Waals surface area contributed by atoms with Crippen molar-refractivity contribution >= 4 is 11.9 Å². The first kappa shape index (κ1) is 15.3. The summed E-state index contributed by atoms with van der Waals surface area (Å²) in [5, 5.41) is 15.7. The van der Waals surface area contributed by atoms with E-state index < -0.39 is 16.9 Å². The molecule has 114 valence electrons. The number of aliphatic carboxylic acids is 1. The third-order valence-corrected chi connectivity index (χ3v) is 5.15. The molecule has 2 fully saturated rings. The molecule has 1 aliphatic carbocycles. The van der Waals surface area contributed by atoms with Gasteiger partial charge >= 0.3 is 5.97 Å². The minimum atomic E-state index is -1.04. The van der Waals surface area contributed by atoms with E-state index in [1.165, 1.54) is 0 Å². The Hall–Kier alpha value is -1.10. The average Bonchev–Trinajstić information content (AvgIpc) is 2.42. The summed E-state index contributed by atoms with van der Waals surface area (Å²) in [5.74, 6) is -0.417. The number of hydrogen-bond acceptors (Lipinski definition) is 3. The van der Waals surface area contributed by atoms with E-state index in [9.17, 15) is 14.7 Å². The quantitative estimate of drug-likeness (QED) is 0.733. The molecule has 0 unspecified atom stereocenters. The minimum absolute atomic E-state index is 0.0871. The van der Waals surface area contributed by atoms with E-state index in [4.69, 9.17) is 0 Å². The Morgan fingerprint density at radius 2 is 1.70 bits per heavy atom. The van der Waals surface area contributed by atoms with Crippen molar-refractivity contribution in [1.82, 2.24) is 10.6 Å². The molecule has 1 heterocycles. The fraction of sp³-hybridized carbons (Fsp3) is 0.867. The predicted octanol–water partition coefficient (Wildman–Crippen LogP) is 1.53. The molecule has 0 radical (unpaired) electrons. The van der Waals surface area contributed by atoms with Crippen molar-refractivity contribution in [2.45, 2.75) is 57.9 Å². The van der Waals surface area contributed by atoms with Crippen LogP contribution in [0, 0.1) is 11.3 Å². The first-order valence-electron chi connectivity index (χ1n) is 7.65. The number of nitrogens with one attached hydrogen (secondary N) is 2. The van der Waals surface area contributed by atoms with E-state index in [1.54, 1.807) is 0 Å². The van der Waals surface area contributed by atoms with E-state index in [2.05, 4.69) is 17.6 Å². The summed E-state index contributed by atoms with van der Waals surface area (Å²) < 4.78 is 0. The zero-order valence-electron chi connectivity index (χ0n) is 12.5. The first-order valence-corrected chi connectivity index (χ1v) is 7.65. The number of carbonyl (C=O) groups excluding carboxylic acids is 1. The van der Waals surface area contributed by atoms with E-state index in [0.29, 0.717) is 18.8 Å². The monoisotopic (exact) mass is 282 g/mol. The number of carbonyl (C=O) groups is 2. The topological polar surface area (TPSA) is 78.4 Å². The van der Waals surface area contributed by atoms with Crippen LogP contribution in [0.2, 0.25) is 0 Å². The molecule has 3 N–H and O–H groups in total. The summed E-state index contributed by atoms with van der Waals surface area (Å²) in [7, 11) is 0. The molecule has 1 saturated heterocycles. The molecule has 1 amide bonds. The molecule has 2 aliphatic rings. The highest BCUT2D eigenvalue weighted by Crippen LogP contribution is 2.35. The minimum Gasteiger partial charge on any atom is -0.480 e.